The molecule has 1 N–H and O–H groups in total. The van der Waals surface area contributed by atoms with Crippen molar-refractivity contribution in [2.24, 2.45) is 0 Å². The van der Waals surface area contributed by atoms with Gasteiger partial charge in [-0.3, -0.25) is 14.3 Å². The van der Waals surface area contributed by atoms with Gasteiger partial charge in [0.15, 0.2) is 9.84 Å². The number of rotatable bonds is 8. The molecule has 1 heterocycles. The zero-order chi connectivity index (χ0) is 20.2. The number of nitrogens with zero attached hydrogens (tertiary/aromatic N) is 1. The van der Waals surface area contributed by atoms with Crippen molar-refractivity contribution in [3.63, 3.8) is 0 Å². The number of hydrogen-bond donors (Lipinski definition) is 1. The number of aryl methyl sites for hydroxylation is 1. The van der Waals surface area contributed by atoms with E-state index in [4.69, 9.17) is 16.3 Å². The van der Waals surface area contributed by atoms with Gasteiger partial charge >= 0.3 is 0 Å². The number of ether oxygens (including phenoxy) is 1. The Bertz CT molecular complexity index is 1030. The van der Waals surface area contributed by atoms with Crippen molar-refractivity contribution in [3.8, 4) is 0 Å². The fourth-order valence-corrected chi connectivity index (χ4v) is 3.82. The molecule has 0 amide bonds. The molecule has 27 heavy (non-hydrogen) atoms. The molecular weight excluding hydrogens is 392 g/mol. The highest BCUT2D eigenvalue weighted by Gasteiger charge is 2.24. The highest BCUT2D eigenvalue weighted by Crippen LogP contribution is 2.30. The van der Waals surface area contributed by atoms with Gasteiger partial charge in [0.05, 0.1) is 23.1 Å². The number of aromatic nitrogens is 2. The summed E-state index contributed by atoms with van der Waals surface area (Å²) in [5.74, 6) is -0.580. The first kappa shape index (κ1) is 21.1. The van der Waals surface area contributed by atoms with Gasteiger partial charge in [0.2, 0.25) is 5.78 Å². The first-order valence-electron chi connectivity index (χ1n) is 8.25. The Labute approximate surface area is 162 Å². The summed E-state index contributed by atoms with van der Waals surface area (Å²) in [4.78, 5) is 25.0. The van der Waals surface area contributed by atoms with E-state index in [1.807, 2.05) is 6.92 Å². The Morgan fingerprint density at radius 2 is 2.04 bits per heavy atom. The molecule has 0 saturated heterocycles. The predicted octanol–water partition coefficient (Wildman–Crippen LogP) is 2.58. The van der Waals surface area contributed by atoms with Crippen LogP contribution in [0.1, 0.15) is 35.3 Å². The lowest BCUT2D eigenvalue weighted by molar-refractivity contribution is 0.103. The number of benzene rings is 1. The van der Waals surface area contributed by atoms with Gasteiger partial charge in [-0.15, -0.1) is 0 Å². The number of carbonyl (C=O) groups is 1. The average Bonchev–Trinajstić information content (AvgIpc) is 2.98. The van der Waals surface area contributed by atoms with Crippen LogP contribution in [0.25, 0.3) is 0 Å². The number of aromatic amines is 1. The fourth-order valence-electron chi connectivity index (χ4n) is 2.54. The largest absolute Gasteiger partial charge is 0.373 e. The molecule has 0 saturated carbocycles. The van der Waals surface area contributed by atoms with Gasteiger partial charge in [-0.25, -0.2) is 8.42 Å². The molecule has 1 aromatic heterocycles. The topological polar surface area (TPSA) is 98.2 Å². The van der Waals surface area contributed by atoms with Crippen LogP contribution in [-0.2, 0) is 27.7 Å². The molecule has 2 rings (SSSR count). The molecule has 9 heteroatoms. The molecule has 0 spiro atoms. The summed E-state index contributed by atoms with van der Waals surface area (Å²) in [5.41, 5.74) is -0.280. The third kappa shape index (κ3) is 4.58. The van der Waals surface area contributed by atoms with Crippen molar-refractivity contribution in [3.05, 3.63) is 62.5 Å². The molecule has 0 aliphatic carbocycles. The SMILES string of the molecule is C/C=C/COCc1c(S(C)(=O)=O)ccc(C(=O)c2c[nH]n(CC)c2=O)c1Cl. The average molecular weight is 413 g/mol. The number of ketones is 1. The molecular formula is C18H21ClN2O5S. The molecule has 0 atom stereocenters. The molecule has 0 radical (unpaired) electrons. The number of allylic oxidation sites excluding steroid dienone is 1. The van der Waals surface area contributed by atoms with E-state index in [-0.39, 0.29) is 39.8 Å². The lowest BCUT2D eigenvalue weighted by Crippen LogP contribution is -2.21. The molecule has 7 nitrogen and oxygen atoms in total. The van der Waals surface area contributed by atoms with Gasteiger partial charge in [-0.1, -0.05) is 23.8 Å². The molecule has 0 unspecified atom stereocenters. The van der Waals surface area contributed by atoms with E-state index in [0.717, 1.165) is 6.26 Å². The summed E-state index contributed by atoms with van der Waals surface area (Å²) >= 11 is 6.37. The monoisotopic (exact) mass is 412 g/mol. The maximum Gasteiger partial charge on any atom is 0.277 e. The van der Waals surface area contributed by atoms with Crippen molar-refractivity contribution in [1.82, 2.24) is 9.78 Å². The van der Waals surface area contributed by atoms with E-state index in [9.17, 15) is 18.0 Å². The quantitative estimate of drug-likeness (QED) is 0.408. The maximum atomic E-state index is 12.8. The van der Waals surface area contributed by atoms with Gasteiger partial charge in [-0.2, -0.15) is 0 Å². The zero-order valence-electron chi connectivity index (χ0n) is 15.3. The molecule has 0 fully saturated rings. The minimum absolute atomic E-state index is 0.00966. The van der Waals surface area contributed by atoms with E-state index in [1.165, 1.54) is 23.0 Å². The highest BCUT2D eigenvalue weighted by molar-refractivity contribution is 7.90. The first-order chi connectivity index (χ1) is 12.7. The van der Waals surface area contributed by atoms with Crippen molar-refractivity contribution in [1.29, 1.82) is 0 Å². The van der Waals surface area contributed by atoms with Crippen molar-refractivity contribution >= 4 is 27.2 Å². The fraction of sp³-hybridized carbons (Fsp3) is 0.333. The number of carbonyl (C=O) groups excluding carboxylic acids is 1. The Kier molecular flexibility index (Phi) is 6.80. The molecule has 0 aliphatic rings. The first-order valence-corrected chi connectivity index (χ1v) is 10.5. The van der Waals surface area contributed by atoms with E-state index in [2.05, 4.69) is 5.10 Å². The van der Waals surface area contributed by atoms with Crippen LogP contribution < -0.4 is 5.56 Å². The lowest BCUT2D eigenvalue weighted by atomic mass is 10.0. The number of hydrogen-bond acceptors (Lipinski definition) is 5. The van der Waals surface area contributed by atoms with Crippen LogP contribution in [0, 0.1) is 0 Å². The van der Waals surface area contributed by atoms with E-state index in [1.54, 1.807) is 19.1 Å². The van der Waals surface area contributed by atoms with Gasteiger partial charge in [0, 0.05) is 30.1 Å². The van der Waals surface area contributed by atoms with E-state index in [0.29, 0.717) is 6.54 Å². The van der Waals surface area contributed by atoms with Gasteiger partial charge in [0.25, 0.3) is 5.56 Å². The minimum Gasteiger partial charge on any atom is -0.373 e. The standard InChI is InChI=1S/C18H21ClN2O5S/c1-4-6-9-26-11-14-15(27(3,24)25)8-7-12(16(14)19)17(22)13-10-20-21(5-2)18(13)23/h4,6-8,10,20H,5,9,11H2,1-3H3/b6-4+. The second-order valence-corrected chi connectivity index (χ2v) is 8.19. The Morgan fingerprint density at radius 1 is 1.33 bits per heavy atom. The van der Waals surface area contributed by atoms with Crippen LogP contribution in [-0.4, -0.2) is 36.8 Å². The minimum atomic E-state index is -3.58. The van der Waals surface area contributed by atoms with Gasteiger partial charge < -0.3 is 9.84 Å². The highest BCUT2D eigenvalue weighted by atomic mass is 35.5. The second-order valence-electron chi connectivity index (χ2n) is 5.83. The van der Waals surface area contributed by atoms with Crippen molar-refractivity contribution < 1.29 is 17.9 Å². The van der Waals surface area contributed by atoms with Crippen molar-refractivity contribution in [2.45, 2.75) is 31.9 Å². The van der Waals surface area contributed by atoms with Crippen LogP contribution in [0.3, 0.4) is 0 Å². The third-order valence-corrected chi connectivity index (χ3v) is 5.55. The summed E-state index contributed by atoms with van der Waals surface area (Å²) in [6.45, 7) is 4.17. The van der Waals surface area contributed by atoms with Crippen LogP contribution in [0.5, 0.6) is 0 Å². The van der Waals surface area contributed by atoms with Gasteiger partial charge in [0.1, 0.15) is 5.56 Å². The van der Waals surface area contributed by atoms with Crippen molar-refractivity contribution in [2.75, 3.05) is 12.9 Å². The summed E-state index contributed by atoms with van der Waals surface area (Å²) in [6.07, 6.45) is 5.93. The zero-order valence-corrected chi connectivity index (χ0v) is 16.9. The molecule has 0 bridgehead atoms. The Balaban J connectivity index is 2.53. The van der Waals surface area contributed by atoms with Crippen LogP contribution >= 0.6 is 11.6 Å². The Hall–Kier alpha value is -2.16. The maximum absolute atomic E-state index is 12.8. The second kappa shape index (κ2) is 8.69. The third-order valence-electron chi connectivity index (χ3n) is 3.94. The lowest BCUT2D eigenvalue weighted by Gasteiger charge is -2.13. The normalized spacial score (nSPS) is 12.0. The Morgan fingerprint density at radius 3 is 2.59 bits per heavy atom. The predicted molar refractivity (Wildman–Crippen MR) is 103 cm³/mol. The van der Waals surface area contributed by atoms with Crippen LogP contribution in [0.4, 0.5) is 0 Å². The molecule has 0 aliphatic heterocycles. The summed E-state index contributed by atoms with van der Waals surface area (Å²) in [6, 6.07) is 2.63. The molecule has 1 aromatic carbocycles. The van der Waals surface area contributed by atoms with E-state index < -0.39 is 21.2 Å². The number of halogens is 1. The number of nitrogens with one attached hydrogen (secondary N) is 1. The number of H-pyrrole nitrogens is 1. The van der Waals surface area contributed by atoms with E-state index >= 15 is 0 Å². The summed E-state index contributed by atoms with van der Waals surface area (Å²) < 4.78 is 30.9. The van der Waals surface area contributed by atoms with Crippen LogP contribution in [0.15, 0.2) is 40.2 Å². The summed E-state index contributed by atoms with van der Waals surface area (Å²) in [7, 11) is -3.58. The smallest absolute Gasteiger partial charge is 0.277 e. The molecule has 146 valence electrons. The van der Waals surface area contributed by atoms with Crippen LogP contribution in [0.2, 0.25) is 5.02 Å². The molecule has 2 aromatic rings. The van der Waals surface area contributed by atoms with Gasteiger partial charge in [-0.05, 0) is 26.0 Å². The number of sulfone groups is 1. The summed E-state index contributed by atoms with van der Waals surface area (Å²) in [5, 5.41) is 2.67.